The Morgan fingerprint density at radius 1 is 0.586 bits per heavy atom. The molecule has 70 heavy (non-hydrogen) atoms. The van der Waals surface area contributed by atoms with E-state index in [0.29, 0.717) is 5.56 Å². The fourth-order valence-electron chi connectivity index (χ4n) is 7.57. The molecule has 0 unspecified atom stereocenters. The van der Waals surface area contributed by atoms with Crippen LogP contribution in [-0.2, 0) is 82.7 Å². The van der Waals surface area contributed by atoms with Crippen LogP contribution >= 0.6 is 0 Å². The largest absolute Gasteiger partial charge is 0.463 e. The SMILES string of the molecule is CC(=O)OC[C@H]1O[C@@H](OC[C@@H](C)OCNC(=O)CNC(=O)[C@H](Cc2ccccc2)NC(=O)CNC(=O)CNC(=O)OCC2c3ccccc3-c3ccccc32)[C@H](OC(C)=O)[C@@H](OC(C)=O)[C@H]1OC(C)=O. The zero-order valence-electron chi connectivity index (χ0n) is 39.2. The Hall–Kier alpha value is -7.43. The number of carbonyl (C=O) groups excluding carboxylic acids is 9. The lowest BCUT2D eigenvalue weighted by Gasteiger charge is -2.44. The second-order valence-corrected chi connectivity index (χ2v) is 16.1. The van der Waals surface area contributed by atoms with E-state index in [1.54, 1.807) is 37.3 Å². The van der Waals surface area contributed by atoms with Gasteiger partial charge >= 0.3 is 30.0 Å². The van der Waals surface area contributed by atoms with E-state index >= 15 is 0 Å². The van der Waals surface area contributed by atoms with Crippen LogP contribution in [0.15, 0.2) is 78.9 Å². The van der Waals surface area contributed by atoms with E-state index in [4.69, 9.17) is 37.9 Å². The molecule has 1 aliphatic heterocycles. The molecule has 3 aromatic rings. The third-order valence-corrected chi connectivity index (χ3v) is 10.6. The monoisotopic (exact) mass is 975 g/mol. The number of rotatable bonds is 23. The van der Waals surface area contributed by atoms with Gasteiger partial charge in [0.05, 0.1) is 25.8 Å². The highest BCUT2D eigenvalue weighted by atomic mass is 16.7. The first-order valence-corrected chi connectivity index (χ1v) is 22.3. The van der Waals surface area contributed by atoms with Crippen molar-refractivity contribution in [1.29, 1.82) is 0 Å². The number of alkyl carbamates (subject to hydrolysis) is 1. The van der Waals surface area contributed by atoms with E-state index in [9.17, 15) is 43.2 Å². The Kier molecular flexibility index (Phi) is 20.2. The summed E-state index contributed by atoms with van der Waals surface area (Å²) in [5.41, 5.74) is 4.88. The number of ether oxygens (including phenoxy) is 8. The van der Waals surface area contributed by atoms with Gasteiger partial charge in [-0.1, -0.05) is 78.9 Å². The van der Waals surface area contributed by atoms with Crippen LogP contribution in [0.25, 0.3) is 11.1 Å². The van der Waals surface area contributed by atoms with Crippen LogP contribution in [-0.4, -0.2) is 143 Å². The topological polar surface area (TPSA) is 288 Å². The highest BCUT2D eigenvalue weighted by Crippen LogP contribution is 2.44. The summed E-state index contributed by atoms with van der Waals surface area (Å²) in [5, 5.41) is 12.3. The molecule has 1 fully saturated rings. The van der Waals surface area contributed by atoms with Gasteiger partial charge in [-0.15, -0.1) is 0 Å². The maximum absolute atomic E-state index is 13.3. The lowest BCUT2D eigenvalue weighted by atomic mass is 9.98. The van der Waals surface area contributed by atoms with Crippen LogP contribution < -0.4 is 26.6 Å². The first kappa shape index (κ1) is 53.5. The van der Waals surface area contributed by atoms with Gasteiger partial charge in [-0.2, -0.15) is 0 Å². The van der Waals surface area contributed by atoms with Crippen LogP contribution in [0.4, 0.5) is 4.79 Å². The summed E-state index contributed by atoms with van der Waals surface area (Å²) in [6.45, 7) is 3.44. The molecule has 1 aliphatic carbocycles. The summed E-state index contributed by atoms with van der Waals surface area (Å²) >= 11 is 0. The van der Waals surface area contributed by atoms with Gasteiger partial charge < -0.3 is 64.5 Å². The maximum Gasteiger partial charge on any atom is 0.407 e. The van der Waals surface area contributed by atoms with Gasteiger partial charge in [-0.25, -0.2) is 4.79 Å². The summed E-state index contributed by atoms with van der Waals surface area (Å²) in [7, 11) is 0. The van der Waals surface area contributed by atoms with Crippen LogP contribution in [0.2, 0.25) is 0 Å². The molecule has 5 amide bonds. The summed E-state index contributed by atoms with van der Waals surface area (Å²) < 4.78 is 44.0. The lowest BCUT2D eigenvalue weighted by molar-refractivity contribution is -0.311. The predicted octanol–water partition coefficient (Wildman–Crippen LogP) is 1.06. The van der Waals surface area contributed by atoms with Crippen molar-refractivity contribution >= 4 is 53.6 Å². The van der Waals surface area contributed by atoms with Crippen molar-refractivity contribution in [2.24, 2.45) is 0 Å². The third-order valence-electron chi connectivity index (χ3n) is 10.6. The Balaban J connectivity index is 1.05. The van der Waals surface area contributed by atoms with E-state index in [-0.39, 0.29) is 32.3 Å². The second kappa shape index (κ2) is 26.4. The second-order valence-electron chi connectivity index (χ2n) is 16.1. The molecule has 5 rings (SSSR count). The van der Waals surface area contributed by atoms with E-state index in [0.717, 1.165) is 49.9 Å². The van der Waals surface area contributed by atoms with Crippen LogP contribution in [0.5, 0.6) is 0 Å². The number of hydrogen-bond acceptors (Lipinski definition) is 17. The van der Waals surface area contributed by atoms with Crippen LogP contribution in [0.3, 0.4) is 0 Å². The molecule has 22 nitrogen and oxygen atoms in total. The molecule has 0 saturated carbocycles. The smallest absolute Gasteiger partial charge is 0.407 e. The minimum Gasteiger partial charge on any atom is -0.463 e. The number of benzene rings is 3. The summed E-state index contributed by atoms with van der Waals surface area (Å²) in [6.07, 6.45) is -8.47. The summed E-state index contributed by atoms with van der Waals surface area (Å²) in [6, 6.07) is 23.3. The predicted molar refractivity (Wildman–Crippen MR) is 243 cm³/mol. The number of esters is 4. The van der Waals surface area contributed by atoms with Crippen molar-refractivity contribution < 1.29 is 81.0 Å². The quantitative estimate of drug-likeness (QED) is 0.0505. The van der Waals surface area contributed by atoms with Gasteiger partial charge in [0.2, 0.25) is 23.6 Å². The van der Waals surface area contributed by atoms with Crippen molar-refractivity contribution in [2.45, 2.75) is 89.8 Å². The molecule has 22 heteroatoms. The molecule has 376 valence electrons. The van der Waals surface area contributed by atoms with Gasteiger partial charge in [0.25, 0.3) is 0 Å². The highest BCUT2D eigenvalue weighted by molar-refractivity contribution is 5.92. The van der Waals surface area contributed by atoms with Gasteiger partial charge in [0.15, 0.2) is 24.6 Å². The molecule has 0 radical (unpaired) electrons. The zero-order valence-corrected chi connectivity index (χ0v) is 39.2. The minimum absolute atomic E-state index is 0.0392. The molecular weight excluding hydrogens is 919 g/mol. The summed E-state index contributed by atoms with van der Waals surface area (Å²) in [5.74, 6) is -6.05. The minimum atomic E-state index is -1.45. The molecule has 0 spiro atoms. The Labute approximate surface area is 403 Å². The Morgan fingerprint density at radius 2 is 1.14 bits per heavy atom. The number of amides is 5. The maximum atomic E-state index is 13.3. The summed E-state index contributed by atoms with van der Waals surface area (Å²) in [4.78, 5) is 112. The highest BCUT2D eigenvalue weighted by Gasteiger charge is 2.53. The number of fused-ring (bicyclic) bond motifs is 3. The number of hydrogen-bond donors (Lipinski definition) is 5. The molecular formula is C48H57N5O17. The molecule has 7 atom stereocenters. The van der Waals surface area contributed by atoms with Gasteiger partial charge in [-0.05, 0) is 34.7 Å². The fourth-order valence-corrected chi connectivity index (χ4v) is 7.57. The van der Waals surface area contributed by atoms with E-state index in [2.05, 4.69) is 26.6 Å². The molecule has 3 aromatic carbocycles. The molecule has 0 aromatic heterocycles. The Bertz CT molecular complexity index is 2300. The fraction of sp³-hybridized carbons (Fsp3) is 0.438. The molecule has 2 aliphatic rings. The molecule has 1 saturated heterocycles. The van der Waals surface area contributed by atoms with Crippen molar-refractivity contribution in [3.63, 3.8) is 0 Å². The molecule has 0 bridgehead atoms. The first-order chi connectivity index (χ1) is 33.5. The average molecular weight is 976 g/mol. The van der Waals surface area contributed by atoms with E-state index < -0.39 is 123 Å². The van der Waals surface area contributed by atoms with Gasteiger partial charge in [0.1, 0.15) is 38.6 Å². The zero-order chi connectivity index (χ0) is 50.7. The van der Waals surface area contributed by atoms with Gasteiger partial charge in [0, 0.05) is 40.0 Å². The number of nitrogens with one attached hydrogen (secondary N) is 5. The first-order valence-electron chi connectivity index (χ1n) is 22.3. The van der Waals surface area contributed by atoms with Gasteiger partial charge in [-0.3, -0.25) is 38.4 Å². The van der Waals surface area contributed by atoms with E-state index in [1.165, 1.54) is 0 Å². The van der Waals surface area contributed by atoms with Crippen molar-refractivity contribution in [3.8, 4) is 11.1 Å². The van der Waals surface area contributed by atoms with Crippen molar-refractivity contribution in [1.82, 2.24) is 26.6 Å². The van der Waals surface area contributed by atoms with Crippen molar-refractivity contribution in [3.05, 3.63) is 95.6 Å². The normalized spacial score (nSPS) is 18.8. The molecule has 1 heterocycles. The van der Waals surface area contributed by atoms with Crippen LogP contribution in [0, 0.1) is 0 Å². The van der Waals surface area contributed by atoms with Crippen LogP contribution in [0.1, 0.15) is 57.2 Å². The number of carbonyl (C=O) groups is 9. The average Bonchev–Trinajstić information content (AvgIpc) is 3.64. The Morgan fingerprint density at radius 3 is 1.77 bits per heavy atom. The lowest BCUT2D eigenvalue weighted by Crippen LogP contribution is -2.63. The standard InChI is InChI=1S/C48H57N5O17/c1-27(23-64-47-45(69-31(5)57)44(68-30(4)56)43(67-29(3)55)39(70-47)25-63-28(2)54)66-26-52-41(59)20-50-46(61)38(19-32-13-7-6-8-14-32)53-42(60)22-49-40(58)21-51-48(62)65-24-37-35-17-11-9-15-33(35)34-16-10-12-18-36(34)37/h6-18,27,37-39,43-45,47H,19-26H2,1-5H3,(H,49,58)(H,50,61)(H,51,62)(H,52,59)(H,53,60)/t27-,38+,39-,43+,44+,45-,47-/m1/s1. The third kappa shape index (κ3) is 16.4. The molecule has 5 N–H and O–H groups in total. The van der Waals surface area contributed by atoms with E-state index in [1.807, 2.05) is 48.5 Å². The van der Waals surface area contributed by atoms with Crippen molar-refractivity contribution in [2.75, 3.05) is 46.2 Å².